The van der Waals surface area contributed by atoms with Crippen molar-refractivity contribution >= 4 is 26.0 Å². The zero-order chi connectivity index (χ0) is 9.35. The molecule has 0 aliphatic heterocycles. The molecule has 0 spiro atoms. The summed E-state index contributed by atoms with van der Waals surface area (Å²) in [5.74, 6) is 0. The van der Waals surface area contributed by atoms with Crippen LogP contribution in [0.5, 0.6) is 0 Å². The summed E-state index contributed by atoms with van der Waals surface area (Å²) in [4.78, 5) is 3.59. The van der Waals surface area contributed by atoms with Crippen LogP contribution in [0.15, 0.2) is 21.6 Å². The van der Waals surface area contributed by atoms with E-state index in [0.717, 1.165) is 0 Å². The largest absolute Gasteiger partial charge is 0.296 e. The van der Waals surface area contributed by atoms with Crippen LogP contribution >= 0.6 is 15.9 Å². The molecule has 1 heterocycles. The summed E-state index contributed by atoms with van der Waals surface area (Å²) >= 11 is 3.05. The minimum atomic E-state index is -4.15. The maximum Gasteiger partial charge on any atom is 0.296 e. The van der Waals surface area contributed by atoms with Crippen molar-refractivity contribution in [1.29, 1.82) is 0 Å². The van der Waals surface area contributed by atoms with Gasteiger partial charge in [-0.25, -0.2) is 0 Å². The number of rotatable bonds is 1. The molecule has 0 radical (unpaired) electrons. The van der Waals surface area contributed by atoms with E-state index in [0.29, 0.717) is 4.47 Å². The summed E-state index contributed by atoms with van der Waals surface area (Å²) in [6.07, 6.45) is 1.46. The lowest BCUT2D eigenvalue weighted by molar-refractivity contribution is 0.482. The van der Waals surface area contributed by atoms with E-state index in [2.05, 4.69) is 20.9 Å². The van der Waals surface area contributed by atoms with Crippen molar-refractivity contribution in [2.24, 2.45) is 0 Å². The average molecular weight is 252 g/mol. The Hall–Kier alpha value is -0.460. The minimum Gasteiger partial charge on any atom is -0.282 e. The second-order valence-electron chi connectivity index (χ2n) is 2.21. The normalized spacial score (nSPS) is 11.6. The molecule has 0 unspecified atom stereocenters. The molecule has 1 N–H and O–H groups in total. The van der Waals surface area contributed by atoms with Crippen molar-refractivity contribution in [2.75, 3.05) is 0 Å². The summed E-state index contributed by atoms with van der Waals surface area (Å²) < 4.78 is 30.6. The highest BCUT2D eigenvalue weighted by Gasteiger charge is 2.13. The van der Waals surface area contributed by atoms with Crippen LogP contribution in [0.1, 0.15) is 5.69 Å². The highest BCUT2D eigenvalue weighted by molar-refractivity contribution is 9.10. The SMILES string of the molecule is Cc1ncc(Br)cc1S(=O)(=O)O. The Bertz CT molecular complexity index is 401. The molecule has 12 heavy (non-hydrogen) atoms. The monoisotopic (exact) mass is 251 g/mol. The number of hydrogen-bond acceptors (Lipinski definition) is 3. The van der Waals surface area contributed by atoms with E-state index in [1.54, 1.807) is 0 Å². The molecule has 0 amide bonds. The summed E-state index contributed by atoms with van der Waals surface area (Å²) in [6.45, 7) is 1.51. The van der Waals surface area contributed by atoms with E-state index in [-0.39, 0.29) is 10.6 Å². The Balaban J connectivity index is 3.43. The number of aryl methyl sites for hydroxylation is 1. The van der Waals surface area contributed by atoms with Crippen LogP contribution in [-0.2, 0) is 10.1 Å². The first-order valence-corrected chi connectivity index (χ1v) is 5.24. The predicted molar refractivity (Wildman–Crippen MR) is 46.5 cm³/mol. The second-order valence-corrected chi connectivity index (χ2v) is 4.52. The van der Waals surface area contributed by atoms with Gasteiger partial charge in [-0.2, -0.15) is 8.42 Å². The van der Waals surface area contributed by atoms with Crippen molar-refractivity contribution in [3.8, 4) is 0 Å². The van der Waals surface area contributed by atoms with Gasteiger partial charge >= 0.3 is 0 Å². The first-order chi connectivity index (χ1) is 5.41. The highest BCUT2D eigenvalue weighted by Crippen LogP contribution is 2.17. The lowest BCUT2D eigenvalue weighted by Crippen LogP contribution is -2.02. The van der Waals surface area contributed by atoms with Gasteiger partial charge in [-0.1, -0.05) is 0 Å². The summed E-state index contributed by atoms with van der Waals surface area (Å²) in [5.41, 5.74) is 0.278. The van der Waals surface area contributed by atoms with E-state index < -0.39 is 10.1 Å². The third-order valence-corrected chi connectivity index (χ3v) is 2.69. The third kappa shape index (κ3) is 2.02. The quantitative estimate of drug-likeness (QED) is 0.767. The molecule has 6 heteroatoms. The lowest BCUT2D eigenvalue weighted by atomic mass is 10.4. The van der Waals surface area contributed by atoms with E-state index in [1.807, 2.05) is 0 Å². The molecule has 0 aromatic carbocycles. The maximum atomic E-state index is 10.7. The Morgan fingerprint density at radius 2 is 2.17 bits per heavy atom. The van der Waals surface area contributed by atoms with Crippen molar-refractivity contribution in [1.82, 2.24) is 4.98 Å². The molecule has 0 aliphatic carbocycles. The molecular formula is C6H6BrNO3S. The van der Waals surface area contributed by atoms with Crippen LogP contribution in [0.2, 0.25) is 0 Å². The highest BCUT2D eigenvalue weighted by atomic mass is 79.9. The van der Waals surface area contributed by atoms with Gasteiger partial charge < -0.3 is 0 Å². The maximum absolute atomic E-state index is 10.7. The van der Waals surface area contributed by atoms with Crippen LogP contribution in [0.3, 0.4) is 0 Å². The van der Waals surface area contributed by atoms with Gasteiger partial charge in [0.2, 0.25) is 0 Å². The molecule has 1 aromatic heterocycles. The van der Waals surface area contributed by atoms with Crippen molar-refractivity contribution in [2.45, 2.75) is 11.8 Å². The number of hydrogen-bond donors (Lipinski definition) is 1. The zero-order valence-electron chi connectivity index (χ0n) is 6.15. The van der Waals surface area contributed by atoms with Gasteiger partial charge in [0, 0.05) is 10.7 Å². The van der Waals surface area contributed by atoms with Gasteiger partial charge in [0.05, 0.1) is 5.69 Å². The van der Waals surface area contributed by atoms with Crippen molar-refractivity contribution < 1.29 is 13.0 Å². The fourth-order valence-corrected chi connectivity index (χ4v) is 1.93. The van der Waals surface area contributed by atoms with E-state index in [4.69, 9.17) is 4.55 Å². The van der Waals surface area contributed by atoms with Crippen LogP contribution < -0.4 is 0 Å². The number of aromatic nitrogens is 1. The molecular weight excluding hydrogens is 246 g/mol. The van der Waals surface area contributed by atoms with Crippen LogP contribution in [-0.4, -0.2) is 18.0 Å². The minimum absolute atomic E-state index is 0.170. The first-order valence-electron chi connectivity index (χ1n) is 3.01. The Morgan fingerprint density at radius 1 is 1.58 bits per heavy atom. The molecule has 0 aliphatic rings. The molecule has 0 bridgehead atoms. The van der Waals surface area contributed by atoms with Gasteiger partial charge in [-0.3, -0.25) is 9.54 Å². The van der Waals surface area contributed by atoms with Crippen LogP contribution in [0, 0.1) is 6.92 Å². The molecule has 66 valence electrons. The van der Waals surface area contributed by atoms with Gasteiger partial charge in [0.1, 0.15) is 4.90 Å². The number of halogens is 1. The topological polar surface area (TPSA) is 67.3 Å². The fourth-order valence-electron chi connectivity index (χ4n) is 0.750. The number of pyridine rings is 1. The van der Waals surface area contributed by atoms with E-state index >= 15 is 0 Å². The molecule has 4 nitrogen and oxygen atoms in total. The Morgan fingerprint density at radius 3 is 2.58 bits per heavy atom. The lowest BCUT2D eigenvalue weighted by Gasteiger charge is -2.00. The molecule has 0 saturated heterocycles. The smallest absolute Gasteiger partial charge is 0.282 e. The van der Waals surface area contributed by atoms with Crippen molar-refractivity contribution in [3.05, 3.63) is 22.4 Å². The first kappa shape index (κ1) is 9.63. The Labute approximate surface area is 78.5 Å². The molecule has 1 rings (SSSR count). The van der Waals surface area contributed by atoms with Gasteiger partial charge in [0.25, 0.3) is 10.1 Å². The molecule has 1 aromatic rings. The molecule has 0 atom stereocenters. The standard InChI is InChI=1S/C6H6BrNO3S/c1-4-6(12(9,10)11)2-5(7)3-8-4/h2-3H,1H3,(H,9,10,11). The summed E-state index contributed by atoms with van der Waals surface area (Å²) in [6, 6.07) is 1.30. The third-order valence-electron chi connectivity index (χ3n) is 1.29. The average Bonchev–Trinajstić information content (AvgIpc) is 1.92. The van der Waals surface area contributed by atoms with E-state index in [1.165, 1.54) is 19.2 Å². The zero-order valence-corrected chi connectivity index (χ0v) is 8.55. The Kier molecular flexibility index (Phi) is 2.50. The molecule has 0 fully saturated rings. The number of nitrogens with zero attached hydrogens (tertiary/aromatic N) is 1. The van der Waals surface area contributed by atoms with Gasteiger partial charge in [0.15, 0.2) is 0 Å². The summed E-state index contributed by atoms with van der Waals surface area (Å²) in [7, 11) is -4.15. The van der Waals surface area contributed by atoms with Crippen molar-refractivity contribution in [3.63, 3.8) is 0 Å². The van der Waals surface area contributed by atoms with Crippen LogP contribution in [0.4, 0.5) is 0 Å². The fraction of sp³-hybridized carbons (Fsp3) is 0.167. The van der Waals surface area contributed by atoms with Gasteiger partial charge in [-0.05, 0) is 28.9 Å². The predicted octanol–water partition coefficient (Wildman–Crippen LogP) is 1.40. The molecule has 0 saturated carbocycles. The second kappa shape index (κ2) is 3.12. The van der Waals surface area contributed by atoms with Gasteiger partial charge in [-0.15, -0.1) is 0 Å². The van der Waals surface area contributed by atoms with Crippen LogP contribution in [0.25, 0.3) is 0 Å². The van der Waals surface area contributed by atoms with E-state index in [9.17, 15) is 8.42 Å². The summed E-state index contributed by atoms with van der Waals surface area (Å²) in [5, 5.41) is 0.